The molecule has 0 aliphatic carbocycles. The summed E-state index contributed by atoms with van der Waals surface area (Å²) in [7, 11) is 0. The lowest BCUT2D eigenvalue weighted by Crippen LogP contribution is -2.03. The Morgan fingerprint density at radius 1 is 1.40 bits per heavy atom. The summed E-state index contributed by atoms with van der Waals surface area (Å²) in [4.78, 5) is 0. The van der Waals surface area contributed by atoms with Crippen molar-refractivity contribution in [2.24, 2.45) is 17.6 Å². The highest BCUT2D eigenvalue weighted by atomic mass is 14.5. The zero-order valence-corrected chi connectivity index (χ0v) is 7.52. The third-order valence-electron chi connectivity index (χ3n) is 1.95. The van der Waals surface area contributed by atoms with Gasteiger partial charge in [-0.25, -0.2) is 0 Å². The van der Waals surface area contributed by atoms with Gasteiger partial charge in [0.2, 0.25) is 0 Å². The molecule has 0 spiro atoms. The van der Waals surface area contributed by atoms with E-state index in [4.69, 9.17) is 5.73 Å². The van der Waals surface area contributed by atoms with E-state index in [2.05, 4.69) is 26.8 Å². The summed E-state index contributed by atoms with van der Waals surface area (Å²) in [6.45, 7) is 8.67. The van der Waals surface area contributed by atoms with E-state index in [1.807, 2.05) is 6.92 Å². The molecule has 1 nitrogen and oxygen atoms in total. The van der Waals surface area contributed by atoms with Gasteiger partial charge in [-0.3, -0.25) is 0 Å². The van der Waals surface area contributed by atoms with Crippen molar-refractivity contribution in [1.29, 1.82) is 0 Å². The lowest BCUT2D eigenvalue weighted by molar-refractivity contribution is 0.423. The predicted molar refractivity (Wildman–Crippen MR) is 46.6 cm³/mol. The van der Waals surface area contributed by atoms with Gasteiger partial charge < -0.3 is 5.73 Å². The van der Waals surface area contributed by atoms with Crippen molar-refractivity contribution in [2.45, 2.75) is 34.1 Å². The molecule has 0 aliphatic heterocycles. The molecule has 0 fully saturated rings. The van der Waals surface area contributed by atoms with Gasteiger partial charge in [-0.2, -0.15) is 0 Å². The first kappa shape index (κ1) is 9.54. The van der Waals surface area contributed by atoms with Crippen LogP contribution in [0.25, 0.3) is 0 Å². The standard InChI is InChI=1S/C9H19N/c1-7(2)8(3)5-6-9(4)10/h6-8H,5,10H2,1-4H3/b9-6+. The zero-order chi connectivity index (χ0) is 8.15. The molecule has 60 valence electrons. The summed E-state index contributed by atoms with van der Waals surface area (Å²) in [5.41, 5.74) is 6.44. The molecule has 0 heterocycles. The fourth-order valence-corrected chi connectivity index (χ4v) is 0.644. The first-order valence-electron chi connectivity index (χ1n) is 3.96. The van der Waals surface area contributed by atoms with Crippen LogP contribution in [0.1, 0.15) is 34.1 Å². The topological polar surface area (TPSA) is 26.0 Å². The lowest BCUT2D eigenvalue weighted by Gasteiger charge is -2.12. The minimum absolute atomic E-state index is 0.749. The van der Waals surface area contributed by atoms with Gasteiger partial charge in [-0.15, -0.1) is 0 Å². The Hall–Kier alpha value is -0.460. The summed E-state index contributed by atoms with van der Waals surface area (Å²) in [6.07, 6.45) is 3.21. The quantitative estimate of drug-likeness (QED) is 0.642. The van der Waals surface area contributed by atoms with Crippen LogP contribution in [0.3, 0.4) is 0 Å². The summed E-state index contributed by atoms with van der Waals surface area (Å²) < 4.78 is 0. The van der Waals surface area contributed by atoms with E-state index in [0.717, 1.165) is 24.0 Å². The second-order valence-electron chi connectivity index (χ2n) is 3.41. The highest BCUT2D eigenvalue weighted by Crippen LogP contribution is 2.14. The normalized spacial score (nSPS) is 15.9. The van der Waals surface area contributed by atoms with Gasteiger partial charge in [-0.1, -0.05) is 26.8 Å². The lowest BCUT2D eigenvalue weighted by atomic mass is 9.94. The Kier molecular flexibility index (Phi) is 4.17. The minimum Gasteiger partial charge on any atom is -0.403 e. The van der Waals surface area contributed by atoms with Gasteiger partial charge in [0.05, 0.1) is 0 Å². The number of hydrogen-bond acceptors (Lipinski definition) is 1. The van der Waals surface area contributed by atoms with Gasteiger partial charge in [0.1, 0.15) is 0 Å². The Labute approximate surface area is 64.3 Å². The summed E-state index contributed by atoms with van der Waals surface area (Å²) >= 11 is 0. The molecular formula is C9H19N. The van der Waals surface area contributed by atoms with Crippen LogP contribution in [-0.2, 0) is 0 Å². The summed E-state index contributed by atoms with van der Waals surface area (Å²) in [5, 5.41) is 0. The molecule has 0 aromatic rings. The number of nitrogens with two attached hydrogens (primary N) is 1. The Balaban J connectivity index is 3.59. The van der Waals surface area contributed by atoms with Crippen molar-refractivity contribution < 1.29 is 0 Å². The van der Waals surface area contributed by atoms with E-state index in [-0.39, 0.29) is 0 Å². The Morgan fingerprint density at radius 2 is 1.90 bits per heavy atom. The molecule has 0 saturated carbocycles. The van der Waals surface area contributed by atoms with Crippen molar-refractivity contribution in [3.63, 3.8) is 0 Å². The van der Waals surface area contributed by atoms with Crippen LogP contribution in [-0.4, -0.2) is 0 Å². The molecule has 0 aliphatic rings. The zero-order valence-electron chi connectivity index (χ0n) is 7.52. The molecule has 0 aromatic carbocycles. The molecule has 0 saturated heterocycles. The Bertz CT molecular complexity index is 110. The van der Waals surface area contributed by atoms with Crippen molar-refractivity contribution in [3.8, 4) is 0 Å². The van der Waals surface area contributed by atoms with Crippen LogP contribution in [0.4, 0.5) is 0 Å². The first-order chi connectivity index (χ1) is 4.54. The second-order valence-corrected chi connectivity index (χ2v) is 3.41. The van der Waals surface area contributed by atoms with Crippen LogP contribution in [0, 0.1) is 11.8 Å². The molecule has 2 N–H and O–H groups in total. The SMILES string of the molecule is C/C(N)=C\CC(C)C(C)C. The van der Waals surface area contributed by atoms with E-state index in [1.165, 1.54) is 0 Å². The van der Waals surface area contributed by atoms with Gasteiger partial charge in [0.25, 0.3) is 0 Å². The molecule has 0 bridgehead atoms. The Morgan fingerprint density at radius 3 is 2.20 bits per heavy atom. The fraction of sp³-hybridized carbons (Fsp3) is 0.778. The smallest absolute Gasteiger partial charge is 0.000843 e. The van der Waals surface area contributed by atoms with Gasteiger partial charge >= 0.3 is 0 Å². The van der Waals surface area contributed by atoms with E-state index in [1.54, 1.807) is 0 Å². The van der Waals surface area contributed by atoms with E-state index >= 15 is 0 Å². The largest absolute Gasteiger partial charge is 0.403 e. The molecule has 1 unspecified atom stereocenters. The van der Waals surface area contributed by atoms with E-state index in [9.17, 15) is 0 Å². The van der Waals surface area contributed by atoms with Gasteiger partial charge in [0, 0.05) is 5.70 Å². The molecule has 0 amide bonds. The average molecular weight is 141 g/mol. The van der Waals surface area contributed by atoms with Crippen LogP contribution >= 0.6 is 0 Å². The van der Waals surface area contributed by atoms with Crippen molar-refractivity contribution in [3.05, 3.63) is 11.8 Å². The number of hydrogen-bond donors (Lipinski definition) is 1. The fourth-order valence-electron chi connectivity index (χ4n) is 0.644. The minimum atomic E-state index is 0.749. The molecule has 1 heteroatoms. The van der Waals surface area contributed by atoms with Gasteiger partial charge in [0.15, 0.2) is 0 Å². The highest BCUT2D eigenvalue weighted by molar-refractivity contribution is 4.92. The van der Waals surface area contributed by atoms with Crippen molar-refractivity contribution in [2.75, 3.05) is 0 Å². The molecule has 0 rings (SSSR count). The highest BCUT2D eigenvalue weighted by Gasteiger charge is 2.03. The maximum Gasteiger partial charge on any atom is 0.000843 e. The van der Waals surface area contributed by atoms with Crippen LogP contribution in [0.5, 0.6) is 0 Å². The monoisotopic (exact) mass is 141 g/mol. The van der Waals surface area contributed by atoms with E-state index < -0.39 is 0 Å². The molecule has 10 heavy (non-hydrogen) atoms. The maximum atomic E-state index is 5.50. The van der Waals surface area contributed by atoms with Crippen LogP contribution in [0.15, 0.2) is 11.8 Å². The summed E-state index contributed by atoms with van der Waals surface area (Å²) in [5.74, 6) is 1.51. The molecular weight excluding hydrogens is 122 g/mol. The van der Waals surface area contributed by atoms with Crippen molar-refractivity contribution in [1.82, 2.24) is 0 Å². The summed E-state index contributed by atoms with van der Waals surface area (Å²) in [6, 6.07) is 0. The predicted octanol–water partition coefficient (Wildman–Crippen LogP) is 2.53. The number of allylic oxidation sites excluding steroid dienone is 2. The third kappa shape index (κ3) is 4.42. The first-order valence-corrected chi connectivity index (χ1v) is 3.96. The average Bonchev–Trinajstić information content (AvgIpc) is 1.82. The van der Waals surface area contributed by atoms with Crippen LogP contribution in [0.2, 0.25) is 0 Å². The molecule has 0 aromatic heterocycles. The van der Waals surface area contributed by atoms with Gasteiger partial charge in [-0.05, 0) is 25.2 Å². The third-order valence-corrected chi connectivity index (χ3v) is 1.95. The number of rotatable bonds is 3. The second kappa shape index (κ2) is 4.37. The van der Waals surface area contributed by atoms with Crippen molar-refractivity contribution >= 4 is 0 Å². The van der Waals surface area contributed by atoms with E-state index in [0.29, 0.717) is 0 Å². The molecule has 1 atom stereocenters. The van der Waals surface area contributed by atoms with Crippen LogP contribution < -0.4 is 5.73 Å². The maximum absolute atomic E-state index is 5.50. The molecule has 0 radical (unpaired) electrons.